The fourth-order valence-electron chi connectivity index (χ4n) is 4.39. The summed E-state index contributed by atoms with van der Waals surface area (Å²) in [6, 6.07) is 5.59. The predicted octanol–water partition coefficient (Wildman–Crippen LogP) is -11.8. The summed E-state index contributed by atoms with van der Waals surface area (Å²) in [5.41, 5.74) is 0.388. The quantitative estimate of drug-likeness (QED) is 0.00474. The molecule has 66 heavy (non-hydrogen) atoms. The van der Waals surface area contributed by atoms with Gasteiger partial charge in [0.05, 0.1) is 38.6 Å². The fraction of sp³-hybridized carbons (Fsp3) is 0.233. The molecule has 28 nitrogen and oxygen atoms in total. The van der Waals surface area contributed by atoms with Crippen LogP contribution in [0.3, 0.4) is 0 Å². The molecule has 0 saturated heterocycles. The van der Waals surface area contributed by atoms with Crippen molar-refractivity contribution < 1.29 is 193 Å². The number of anilines is 7. The van der Waals surface area contributed by atoms with Gasteiger partial charge in [0.15, 0.2) is 0 Å². The van der Waals surface area contributed by atoms with Crippen molar-refractivity contribution in [2.24, 2.45) is 4.99 Å². The molecule has 2 heterocycles. The van der Waals surface area contributed by atoms with E-state index in [9.17, 15) is 56.3 Å². The van der Waals surface area contributed by atoms with Crippen LogP contribution in [-0.4, -0.2) is 114 Å². The van der Waals surface area contributed by atoms with Gasteiger partial charge in [-0.15, -0.1) is 0 Å². The maximum absolute atomic E-state index is 12.5. The van der Waals surface area contributed by atoms with Crippen LogP contribution in [0.4, 0.5) is 47.1 Å². The third kappa shape index (κ3) is 22.7. The molecule has 2 unspecified atom stereocenters. The van der Waals surface area contributed by atoms with Crippen molar-refractivity contribution in [3.05, 3.63) is 47.5 Å². The van der Waals surface area contributed by atoms with E-state index < -0.39 is 61.5 Å². The Morgan fingerprint density at radius 3 is 1.80 bits per heavy atom. The van der Waals surface area contributed by atoms with Gasteiger partial charge in [0.2, 0.25) is 29.7 Å². The third-order valence-corrected chi connectivity index (χ3v) is 9.84. The Bertz CT molecular complexity index is 2530. The van der Waals surface area contributed by atoms with E-state index in [4.69, 9.17) is 0 Å². The Morgan fingerprint density at radius 2 is 1.24 bits per heavy atom. The number of hydrogen-bond acceptors (Lipinski definition) is 28. The molecule has 0 radical (unpaired) electrons. The van der Waals surface area contributed by atoms with Crippen LogP contribution >= 0.6 is 24.1 Å². The van der Waals surface area contributed by atoms with E-state index in [-0.39, 0.29) is 187 Å². The molecule has 0 amide bonds. The second-order valence-electron chi connectivity index (χ2n) is 11.7. The van der Waals surface area contributed by atoms with Gasteiger partial charge in [-0.2, -0.15) is 38.6 Å². The van der Waals surface area contributed by atoms with E-state index in [0.717, 1.165) is 6.07 Å². The van der Waals surface area contributed by atoms with Crippen LogP contribution in [0.5, 0.6) is 0 Å². The summed E-state index contributed by atoms with van der Waals surface area (Å²) >= 11 is 1.02. The number of benzene rings is 2. The number of aromatic nitrogens is 6. The van der Waals surface area contributed by atoms with E-state index >= 15 is 0 Å². The number of aliphatic imine (C=N–C) groups is 1. The summed E-state index contributed by atoms with van der Waals surface area (Å²) < 4.78 is 79.2. The normalized spacial score (nSPS) is 12.1. The summed E-state index contributed by atoms with van der Waals surface area (Å²) in [5.74, 6) is -4.75. The minimum atomic E-state index is -5.16. The predicted molar refractivity (Wildman–Crippen MR) is 211 cm³/mol. The average molecular weight is 1030 g/mol. The first-order valence-electron chi connectivity index (χ1n) is 16.7. The Labute approximate surface area is 472 Å². The monoisotopic (exact) mass is 1030 g/mol. The molecule has 0 saturated carbocycles. The molecule has 7 N–H and O–H groups in total. The summed E-state index contributed by atoms with van der Waals surface area (Å²) in [6.07, 6.45) is 3.86. The average Bonchev–Trinajstić information content (AvgIpc) is 3.18. The Kier molecular flexibility index (Phi) is 30.4. The summed E-state index contributed by atoms with van der Waals surface area (Å²) in [7, 11) is -9.76. The van der Waals surface area contributed by atoms with Gasteiger partial charge < -0.3 is 56.4 Å². The topological polar surface area (TPSA) is 422 Å². The van der Waals surface area contributed by atoms with Crippen molar-refractivity contribution >= 4 is 122 Å². The Balaban J connectivity index is 0.0000106. The Morgan fingerprint density at radius 1 is 0.742 bits per heavy atom. The van der Waals surface area contributed by atoms with Crippen LogP contribution in [0, 0.1) is 0 Å². The van der Waals surface area contributed by atoms with Crippen molar-refractivity contribution in [1.82, 2.24) is 29.9 Å². The zero-order chi connectivity index (χ0) is 45.5. The molecule has 2 atom stereocenters. The van der Waals surface area contributed by atoms with Crippen LogP contribution in [0.2, 0.25) is 0 Å². The third-order valence-electron chi connectivity index (χ3n) is 7.15. The van der Waals surface area contributed by atoms with E-state index in [0.29, 0.717) is 24.1 Å². The molecule has 0 fully saturated rings. The molecule has 2 aromatic heterocycles. The number of nitrogens with zero attached hydrogens (tertiary/aromatic N) is 7. The minimum absolute atomic E-state index is 0. The van der Waals surface area contributed by atoms with Gasteiger partial charge >= 0.3 is 130 Å². The number of nitrogens with one attached hydrogen (secondary N) is 5. The molecule has 0 spiro atoms. The van der Waals surface area contributed by atoms with Crippen molar-refractivity contribution in [2.75, 3.05) is 44.6 Å². The summed E-state index contributed by atoms with van der Waals surface area (Å²) in [4.78, 5) is 50.6. The second-order valence-corrected chi connectivity index (χ2v) is 16.0. The number of rotatable bonds is 25. The molecule has 0 aliphatic heterocycles. The molecule has 334 valence electrons. The van der Waals surface area contributed by atoms with Gasteiger partial charge in [0.1, 0.15) is 22.2 Å². The zero-order valence-corrected chi connectivity index (χ0v) is 46.6. The first kappa shape index (κ1) is 64.1. The van der Waals surface area contributed by atoms with Crippen molar-refractivity contribution in [3.8, 4) is 0 Å². The van der Waals surface area contributed by atoms with Crippen LogP contribution in [0.1, 0.15) is 25.0 Å². The molecular formula is C30H30N12Na4O16S4. The van der Waals surface area contributed by atoms with E-state index in [1.165, 1.54) is 62.5 Å². The summed E-state index contributed by atoms with van der Waals surface area (Å²) in [5, 5.41) is 59.2. The molecule has 4 aromatic rings. The van der Waals surface area contributed by atoms with Crippen LogP contribution in [-0.2, 0) is 48.6 Å². The number of carboxylic acids is 2. The summed E-state index contributed by atoms with van der Waals surface area (Å²) in [6.45, 7) is 2.21. The molecule has 0 aliphatic carbocycles. The zero-order valence-electron chi connectivity index (χ0n) is 35.3. The SMILES string of the molecule is CC(Nc1nc(/N=C\CSOO[O-])nc(Nc2ccc(C=Cc3ccc(Nc4nc(NCCS(=O)(=O)[O-])nc(NC(C)C(=O)O)n4)cc3SOO[O-])c(S(=O)(=O)[O-])c2)n1)C(=O)O.[Na+].[Na+].[Na+].[Na+]. The number of aliphatic carboxylic acids is 2. The molecule has 2 aromatic carbocycles. The molecule has 36 heteroatoms. The van der Waals surface area contributed by atoms with E-state index in [2.05, 4.69) is 80.2 Å². The van der Waals surface area contributed by atoms with Gasteiger partial charge in [0.25, 0.3) is 5.95 Å². The van der Waals surface area contributed by atoms with Crippen molar-refractivity contribution in [3.63, 3.8) is 0 Å². The largest absolute Gasteiger partial charge is 1.00 e. The van der Waals surface area contributed by atoms with Gasteiger partial charge in [-0.05, 0) is 49.2 Å². The second kappa shape index (κ2) is 31.3. The van der Waals surface area contributed by atoms with E-state index in [1.807, 2.05) is 0 Å². The standard InChI is InChI=1S/C30H34N12O16S4.4Na/c1-15(23(43)44)33-27-37-25(31-9-11-59-57-55-47)39-30(42-27)36-20-8-6-18(22(14-20)62(52,53)54)4-3-17-5-7-19(13-21(17)60-58-56-48)35-29-40-26(32-10-12-61(49,50)51)38-28(41-29)34-16(2)24(45)46;;;;/h3-9,13-16,47-48H,10-12H2,1-2H3,(H,43,44)(H,45,46)(H,49,50,51)(H,52,53,54)(H2,33,36,37,39,42)(H3,32,34,35,38,40,41);;;;/q;4*+1/p-4/b4-3?,31-9-;;;;. The number of hydrogen-bond donors (Lipinski definition) is 7. The van der Waals surface area contributed by atoms with Crippen molar-refractivity contribution in [2.45, 2.75) is 35.7 Å². The van der Waals surface area contributed by atoms with Gasteiger partial charge in [-0.1, -0.05) is 24.3 Å². The molecule has 0 aliphatic rings. The number of carboxylic acid groups (broad SMARTS) is 2. The van der Waals surface area contributed by atoms with Crippen LogP contribution in [0.25, 0.3) is 12.2 Å². The molecular weight excluding hydrogens is 1000 g/mol. The fourth-order valence-corrected chi connectivity index (χ4v) is 6.18. The van der Waals surface area contributed by atoms with E-state index in [1.54, 1.807) is 0 Å². The maximum atomic E-state index is 12.5. The minimum Gasteiger partial charge on any atom is -0.748 e. The number of carbonyl (C=O) groups is 2. The smallest absolute Gasteiger partial charge is 0.748 e. The van der Waals surface area contributed by atoms with Gasteiger partial charge in [-0.3, -0.25) is 19.7 Å². The molecule has 0 bridgehead atoms. The van der Waals surface area contributed by atoms with Crippen LogP contribution in [0.15, 0.2) is 51.2 Å². The van der Waals surface area contributed by atoms with Gasteiger partial charge in [-0.25, -0.2) is 21.8 Å². The first-order chi connectivity index (χ1) is 29.3. The first-order valence-corrected chi connectivity index (χ1v) is 21.4. The molecule has 4 rings (SSSR count). The maximum Gasteiger partial charge on any atom is 1.00 e. The van der Waals surface area contributed by atoms with Crippen LogP contribution < -0.4 is 155 Å². The van der Waals surface area contributed by atoms with Gasteiger partial charge in [0, 0.05) is 41.1 Å². The van der Waals surface area contributed by atoms with Crippen molar-refractivity contribution in [1.29, 1.82) is 0 Å². The Hall–Kier alpha value is -1.91.